The Morgan fingerprint density at radius 1 is 1.35 bits per heavy atom. The number of hydrogen-bond donors (Lipinski definition) is 2. The molecular formula is C14H20N2O4. The number of ether oxygens (including phenoxy) is 1. The van der Waals surface area contributed by atoms with E-state index in [9.17, 15) is 9.59 Å². The fraction of sp³-hybridized carbons (Fsp3) is 0.429. The molecule has 0 saturated carbocycles. The van der Waals surface area contributed by atoms with E-state index in [0.29, 0.717) is 6.61 Å². The Bertz CT molecular complexity index is 448. The van der Waals surface area contributed by atoms with Gasteiger partial charge in [0.1, 0.15) is 0 Å². The predicted molar refractivity (Wildman–Crippen MR) is 73.9 cm³/mol. The van der Waals surface area contributed by atoms with Crippen LogP contribution in [0.4, 0.5) is 0 Å². The average Bonchev–Trinajstić information content (AvgIpc) is 2.42. The highest BCUT2D eigenvalue weighted by Crippen LogP contribution is 2.05. The third-order valence-corrected chi connectivity index (χ3v) is 2.88. The number of nitrogens with zero attached hydrogens (tertiary/aromatic N) is 1. The van der Waals surface area contributed by atoms with Gasteiger partial charge in [0.05, 0.1) is 19.3 Å². The van der Waals surface area contributed by atoms with Gasteiger partial charge in [-0.2, -0.15) is 0 Å². The normalized spacial score (nSPS) is 13.6. The highest BCUT2D eigenvalue weighted by Gasteiger charge is 2.28. The number of carbonyl (C=O) groups is 2. The first-order valence-corrected chi connectivity index (χ1v) is 6.30. The van der Waals surface area contributed by atoms with Crippen molar-refractivity contribution in [3.05, 3.63) is 35.9 Å². The Labute approximate surface area is 118 Å². The SMILES string of the molecule is C[C@H](N)C(=O)N(C)[C@@H](COCc1ccccc1)C(=O)O. The molecule has 0 fully saturated rings. The van der Waals surface area contributed by atoms with Crippen LogP contribution in [0.3, 0.4) is 0 Å². The molecule has 6 heteroatoms. The van der Waals surface area contributed by atoms with Crippen LogP contribution in [-0.4, -0.2) is 47.6 Å². The first-order valence-electron chi connectivity index (χ1n) is 6.30. The quantitative estimate of drug-likeness (QED) is 0.757. The molecule has 0 bridgehead atoms. The lowest BCUT2D eigenvalue weighted by molar-refractivity contribution is -0.152. The van der Waals surface area contributed by atoms with Gasteiger partial charge in [0.15, 0.2) is 6.04 Å². The van der Waals surface area contributed by atoms with Crippen LogP contribution in [0, 0.1) is 0 Å². The number of rotatable bonds is 7. The van der Waals surface area contributed by atoms with E-state index in [0.717, 1.165) is 10.5 Å². The molecule has 0 aliphatic carbocycles. The van der Waals surface area contributed by atoms with Gasteiger partial charge in [-0.25, -0.2) is 4.79 Å². The summed E-state index contributed by atoms with van der Waals surface area (Å²) in [7, 11) is 1.41. The fourth-order valence-electron chi connectivity index (χ4n) is 1.69. The summed E-state index contributed by atoms with van der Waals surface area (Å²) in [5, 5.41) is 9.16. The summed E-state index contributed by atoms with van der Waals surface area (Å²) < 4.78 is 5.38. The number of nitrogens with two attached hydrogens (primary N) is 1. The van der Waals surface area contributed by atoms with Crippen molar-refractivity contribution in [3.63, 3.8) is 0 Å². The summed E-state index contributed by atoms with van der Waals surface area (Å²) in [5.41, 5.74) is 6.41. The number of carbonyl (C=O) groups excluding carboxylic acids is 1. The lowest BCUT2D eigenvalue weighted by atomic mass is 10.2. The lowest BCUT2D eigenvalue weighted by Gasteiger charge is -2.26. The van der Waals surface area contributed by atoms with E-state index in [2.05, 4.69) is 0 Å². The molecule has 3 N–H and O–H groups in total. The molecule has 1 aromatic rings. The van der Waals surface area contributed by atoms with Gasteiger partial charge in [-0.3, -0.25) is 4.79 Å². The largest absolute Gasteiger partial charge is 0.480 e. The third-order valence-electron chi connectivity index (χ3n) is 2.88. The first kappa shape index (κ1) is 16.1. The van der Waals surface area contributed by atoms with E-state index in [1.54, 1.807) is 0 Å². The van der Waals surface area contributed by atoms with Crippen LogP contribution >= 0.6 is 0 Å². The second kappa shape index (κ2) is 7.62. The maximum atomic E-state index is 11.7. The minimum absolute atomic E-state index is 0.0841. The number of carboxylic acid groups (broad SMARTS) is 1. The molecule has 110 valence electrons. The summed E-state index contributed by atoms with van der Waals surface area (Å²) in [6, 6.07) is 7.61. The zero-order chi connectivity index (χ0) is 15.1. The number of benzene rings is 1. The maximum absolute atomic E-state index is 11.7. The van der Waals surface area contributed by atoms with Crippen LogP contribution < -0.4 is 5.73 Å². The maximum Gasteiger partial charge on any atom is 0.328 e. The number of likely N-dealkylation sites (N-methyl/N-ethyl adjacent to an activating group) is 1. The van der Waals surface area contributed by atoms with Crippen molar-refractivity contribution in [2.75, 3.05) is 13.7 Å². The molecule has 1 amide bonds. The van der Waals surface area contributed by atoms with Gasteiger partial charge >= 0.3 is 5.97 Å². The van der Waals surface area contributed by atoms with Gasteiger partial charge in [-0.15, -0.1) is 0 Å². The topological polar surface area (TPSA) is 92.9 Å². The monoisotopic (exact) mass is 280 g/mol. The summed E-state index contributed by atoms with van der Waals surface area (Å²) in [4.78, 5) is 24.0. The van der Waals surface area contributed by atoms with Gasteiger partial charge in [0.2, 0.25) is 5.91 Å². The molecule has 0 aromatic heterocycles. The lowest BCUT2D eigenvalue weighted by Crippen LogP contribution is -2.50. The number of carboxylic acids is 1. The summed E-state index contributed by atoms with van der Waals surface area (Å²) in [6.45, 7) is 1.73. The Hall–Kier alpha value is -1.92. The average molecular weight is 280 g/mol. The van der Waals surface area contributed by atoms with E-state index in [-0.39, 0.29) is 6.61 Å². The van der Waals surface area contributed by atoms with Crippen LogP contribution in [0.1, 0.15) is 12.5 Å². The summed E-state index contributed by atoms with van der Waals surface area (Å²) >= 11 is 0. The van der Waals surface area contributed by atoms with E-state index < -0.39 is 24.0 Å². The molecule has 0 heterocycles. The van der Waals surface area contributed by atoms with Gasteiger partial charge in [0.25, 0.3) is 0 Å². The minimum atomic E-state index is -1.12. The molecule has 1 aromatic carbocycles. The summed E-state index contributed by atoms with van der Waals surface area (Å²) in [6.07, 6.45) is 0. The Balaban J connectivity index is 2.56. The molecule has 0 saturated heterocycles. The van der Waals surface area contributed by atoms with Crippen molar-refractivity contribution >= 4 is 11.9 Å². The van der Waals surface area contributed by atoms with Gasteiger partial charge in [-0.05, 0) is 12.5 Å². The zero-order valence-corrected chi connectivity index (χ0v) is 11.7. The molecule has 6 nitrogen and oxygen atoms in total. The Morgan fingerprint density at radius 2 is 1.95 bits per heavy atom. The van der Waals surface area contributed by atoms with Crippen LogP contribution in [0.25, 0.3) is 0 Å². The molecule has 0 unspecified atom stereocenters. The third kappa shape index (κ3) is 4.64. The van der Waals surface area contributed by atoms with E-state index >= 15 is 0 Å². The van der Waals surface area contributed by atoms with Gasteiger partial charge in [0, 0.05) is 7.05 Å². The van der Waals surface area contributed by atoms with Crippen LogP contribution in [0.2, 0.25) is 0 Å². The van der Waals surface area contributed by atoms with Gasteiger partial charge < -0.3 is 20.5 Å². The number of amides is 1. The standard InChI is InChI=1S/C14H20N2O4/c1-10(15)13(17)16(2)12(14(18)19)9-20-8-11-6-4-3-5-7-11/h3-7,10,12H,8-9,15H2,1-2H3,(H,18,19)/t10-,12-/m0/s1. The number of aliphatic carboxylic acids is 1. The van der Waals surface area contributed by atoms with Crippen LogP contribution in [-0.2, 0) is 20.9 Å². The predicted octanol–water partition coefficient (Wildman–Crippen LogP) is 0.462. The van der Waals surface area contributed by atoms with Crippen molar-refractivity contribution < 1.29 is 19.4 Å². The van der Waals surface area contributed by atoms with Crippen molar-refractivity contribution in [2.24, 2.45) is 5.73 Å². The molecule has 0 aliphatic rings. The molecular weight excluding hydrogens is 260 g/mol. The van der Waals surface area contributed by atoms with Crippen molar-refractivity contribution in [1.82, 2.24) is 4.90 Å². The Morgan fingerprint density at radius 3 is 2.45 bits per heavy atom. The second-order valence-corrected chi connectivity index (χ2v) is 4.59. The Kier molecular flexibility index (Phi) is 6.14. The molecule has 1 rings (SSSR count). The van der Waals surface area contributed by atoms with E-state index in [1.807, 2.05) is 30.3 Å². The van der Waals surface area contributed by atoms with E-state index in [4.69, 9.17) is 15.6 Å². The zero-order valence-electron chi connectivity index (χ0n) is 11.7. The van der Waals surface area contributed by atoms with Crippen molar-refractivity contribution in [2.45, 2.75) is 25.6 Å². The smallest absolute Gasteiger partial charge is 0.328 e. The first-order chi connectivity index (χ1) is 9.43. The molecule has 20 heavy (non-hydrogen) atoms. The highest BCUT2D eigenvalue weighted by molar-refractivity contribution is 5.86. The van der Waals surface area contributed by atoms with Crippen LogP contribution in [0.15, 0.2) is 30.3 Å². The number of hydrogen-bond acceptors (Lipinski definition) is 4. The van der Waals surface area contributed by atoms with E-state index in [1.165, 1.54) is 14.0 Å². The summed E-state index contributed by atoms with van der Waals surface area (Å²) in [5.74, 6) is -1.55. The highest BCUT2D eigenvalue weighted by atomic mass is 16.5. The van der Waals surface area contributed by atoms with Crippen molar-refractivity contribution in [1.29, 1.82) is 0 Å². The van der Waals surface area contributed by atoms with Crippen LogP contribution in [0.5, 0.6) is 0 Å². The van der Waals surface area contributed by atoms with Gasteiger partial charge in [-0.1, -0.05) is 30.3 Å². The second-order valence-electron chi connectivity index (χ2n) is 4.59. The molecule has 0 radical (unpaired) electrons. The van der Waals surface area contributed by atoms with Crippen molar-refractivity contribution in [3.8, 4) is 0 Å². The molecule has 2 atom stereocenters. The molecule has 0 aliphatic heterocycles. The molecule has 0 spiro atoms. The minimum Gasteiger partial charge on any atom is -0.480 e. The fourth-order valence-corrected chi connectivity index (χ4v) is 1.69.